The molecule has 15 heavy (non-hydrogen) atoms. The van der Waals surface area contributed by atoms with Gasteiger partial charge in [-0.3, -0.25) is 0 Å². The lowest BCUT2D eigenvalue weighted by Gasteiger charge is -2.04. The van der Waals surface area contributed by atoms with E-state index in [0.29, 0.717) is 0 Å². The molecule has 0 heterocycles. The monoisotopic (exact) mass is 240 g/mol. The van der Waals surface area contributed by atoms with Gasteiger partial charge in [-0.2, -0.15) is 0 Å². The van der Waals surface area contributed by atoms with E-state index in [2.05, 4.69) is 12.1 Å². The molecule has 2 saturated carbocycles. The predicted molar refractivity (Wildman–Crippen MR) is 64.7 cm³/mol. The van der Waals surface area contributed by atoms with Gasteiger partial charge in [0.2, 0.25) is 0 Å². The molecule has 2 heteroatoms. The Morgan fingerprint density at radius 1 is 0.867 bits per heavy atom. The summed E-state index contributed by atoms with van der Waals surface area (Å²) in [6.45, 7) is 0. The van der Waals surface area contributed by atoms with Crippen LogP contribution in [0.2, 0.25) is 10.0 Å². The van der Waals surface area contributed by atoms with Gasteiger partial charge in [0.25, 0.3) is 0 Å². The summed E-state index contributed by atoms with van der Waals surface area (Å²) in [4.78, 5) is 0. The second-order valence-corrected chi connectivity index (χ2v) is 5.71. The van der Waals surface area contributed by atoms with Crippen LogP contribution in [0.1, 0.15) is 37.2 Å². The van der Waals surface area contributed by atoms with Crippen molar-refractivity contribution in [1.29, 1.82) is 0 Å². The number of rotatable bonds is 1. The quantitative estimate of drug-likeness (QED) is 0.656. The number of hydrogen-bond acceptors (Lipinski definition) is 0. The molecule has 2 aliphatic rings. The first-order valence-electron chi connectivity index (χ1n) is 5.72. The highest BCUT2D eigenvalue weighted by molar-refractivity contribution is 6.34. The van der Waals surface area contributed by atoms with Gasteiger partial charge < -0.3 is 0 Å². The van der Waals surface area contributed by atoms with E-state index in [1.165, 1.54) is 31.2 Å². The van der Waals surface area contributed by atoms with Crippen LogP contribution in [-0.4, -0.2) is 0 Å². The minimum atomic E-state index is 0.753. The molecule has 0 aromatic heterocycles. The summed E-state index contributed by atoms with van der Waals surface area (Å²) in [7, 11) is 0. The Bertz CT molecular complexity index is 354. The Kier molecular flexibility index (Phi) is 2.45. The van der Waals surface area contributed by atoms with Crippen molar-refractivity contribution in [2.24, 2.45) is 11.8 Å². The first-order chi connectivity index (χ1) is 7.25. The lowest BCUT2D eigenvalue weighted by molar-refractivity contribution is 0.480. The Hall–Kier alpha value is -0.200. The molecule has 0 nitrogen and oxygen atoms in total. The fourth-order valence-electron chi connectivity index (χ4n) is 3.25. The normalized spacial score (nSPS) is 33.6. The maximum absolute atomic E-state index is 6.03. The second kappa shape index (κ2) is 3.68. The van der Waals surface area contributed by atoms with Crippen LogP contribution in [0.5, 0.6) is 0 Å². The molecule has 1 aromatic carbocycles. The maximum atomic E-state index is 6.03. The molecule has 0 aliphatic heterocycles. The molecular weight excluding hydrogens is 227 g/mol. The summed E-state index contributed by atoms with van der Waals surface area (Å²) in [5.74, 6) is 2.60. The largest absolute Gasteiger partial charge is 0.0843 e. The highest BCUT2D eigenvalue weighted by Gasteiger charge is 2.51. The zero-order valence-corrected chi connectivity index (χ0v) is 10.1. The van der Waals surface area contributed by atoms with Crippen molar-refractivity contribution in [3.8, 4) is 0 Å². The van der Waals surface area contributed by atoms with Crippen LogP contribution in [0.4, 0.5) is 0 Å². The number of fused-ring (bicyclic) bond motifs is 1. The van der Waals surface area contributed by atoms with Crippen LogP contribution in [-0.2, 0) is 0 Å². The first-order valence-corrected chi connectivity index (χ1v) is 6.47. The van der Waals surface area contributed by atoms with E-state index in [4.69, 9.17) is 23.2 Å². The SMILES string of the molecule is Clc1cc(Cl)cc(C2C3CCCCC32)c1. The van der Waals surface area contributed by atoms with Crippen LogP contribution in [0.25, 0.3) is 0 Å². The molecule has 80 valence electrons. The zero-order valence-electron chi connectivity index (χ0n) is 8.55. The second-order valence-electron chi connectivity index (χ2n) is 4.84. The van der Waals surface area contributed by atoms with Gasteiger partial charge in [0.05, 0.1) is 0 Å². The zero-order chi connectivity index (χ0) is 10.4. The standard InChI is InChI=1S/C13H14Cl2/c14-9-5-8(6-10(15)7-9)13-11-3-1-2-4-12(11)13/h5-7,11-13H,1-4H2. The Labute approximate surface area is 101 Å². The summed E-state index contributed by atoms with van der Waals surface area (Å²) in [6.07, 6.45) is 5.62. The van der Waals surface area contributed by atoms with E-state index >= 15 is 0 Å². The molecule has 1 aromatic rings. The topological polar surface area (TPSA) is 0 Å². The van der Waals surface area contributed by atoms with Crippen molar-refractivity contribution < 1.29 is 0 Å². The molecule has 0 amide bonds. The number of hydrogen-bond donors (Lipinski definition) is 0. The van der Waals surface area contributed by atoms with Crippen LogP contribution < -0.4 is 0 Å². The summed E-state index contributed by atoms with van der Waals surface area (Å²) in [5.41, 5.74) is 1.37. The van der Waals surface area contributed by atoms with Gasteiger partial charge in [0, 0.05) is 10.0 Å². The molecule has 0 radical (unpaired) electrons. The van der Waals surface area contributed by atoms with E-state index in [1.54, 1.807) is 0 Å². The van der Waals surface area contributed by atoms with Gasteiger partial charge >= 0.3 is 0 Å². The molecular formula is C13H14Cl2. The summed E-state index contributed by atoms with van der Waals surface area (Å²) in [6, 6.07) is 6.01. The molecule has 2 aliphatic carbocycles. The summed E-state index contributed by atoms with van der Waals surface area (Å²) >= 11 is 12.1. The van der Waals surface area contributed by atoms with E-state index < -0.39 is 0 Å². The molecule has 0 bridgehead atoms. The highest BCUT2D eigenvalue weighted by Crippen LogP contribution is 2.61. The molecule has 2 fully saturated rings. The van der Waals surface area contributed by atoms with Gasteiger partial charge in [-0.25, -0.2) is 0 Å². The summed E-state index contributed by atoms with van der Waals surface area (Å²) < 4.78 is 0. The van der Waals surface area contributed by atoms with Gasteiger partial charge in [-0.05, 0) is 54.4 Å². The van der Waals surface area contributed by atoms with E-state index in [9.17, 15) is 0 Å². The van der Waals surface area contributed by atoms with Crippen LogP contribution in [0.15, 0.2) is 18.2 Å². The third kappa shape index (κ3) is 1.79. The highest BCUT2D eigenvalue weighted by atomic mass is 35.5. The van der Waals surface area contributed by atoms with Crippen LogP contribution in [0, 0.1) is 11.8 Å². The third-order valence-electron chi connectivity index (χ3n) is 3.93. The lowest BCUT2D eigenvalue weighted by Crippen LogP contribution is -1.91. The van der Waals surface area contributed by atoms with Crippen molar-refractivity contribution in [2.75, 3.05) is 0 Å². The van der Waals surface area contributed by atoms with Crippen molar-refractivity contribution in [1.82, 2.24) is 0 Å². The molecule has 0 spiro atoms. The average molecular weight is 241 g/mol. The van der Waals surface area contributed by atoms with Gasteiger partial charge in [-0.15, -0.1) is 0 Å². The molecule has 3 rings (SSSR count). The minimum Gasteiger partial charge on any atom is -0.0843 e. The fourth-order valence-corrected chi connectivity index (χ4v) is 3.80. The summed E-state index contributed by atoms with van der Waals surface area (Å²) in [5, 5.41) is 1.56. The number of halogens is 2. The van der Waals surface area contributed by atoms with E-state index in [1.807, 2.05) is 6.07 Å². The molecule has 0 N–H and O–H groups in total. The van der Waals surface area contributed by atoms with Crippen molar-refractivity contribution in [3.63, 3.8) is 0 Å². The van der Waals surface area contributed by atoms with Crippen LogP contribution in [0.3, 0.4) is 0 Å². The van der Waals surface area contributed by atoms with Gasteiger partial charge in [-0.1, -0.05) is 36.0 Å². The number of benzene rings is 1. The van der Waals surface area contributed by atoms with E-state index in [-0.39, 0.29) is 0 Å². The van der Waals surface area contributed by atoms with Crippen LogP contribution >= 0.6 is 23.2 Å². The van der Waals surface area contributed by atoms with Crippen molar-refractivity contribution in [2.45, 2.75) is 31.6 Å². The lowest BCUT2D eigenvalue weighted by atomic mass is 10.0. The molecule has 2 unspecified atom stereocenters. The minimum absolute atomic E-state index is 0.753. The average Bonchev–Trinajstić information content (AvgIpc) is 2.89. The van der Waals surface area contributed by atoms with E-state index in [0.717, 1.165) is 27.8 Å². The third-order valence-corrected chi connectivity index (χ3v) is 4.36. The molecule has 0 saturated heterocycles. The smallest absolute Gasteiger partial charge is 0.0423 e. The first kappa shape index (κ1) is 9.99. The maximum Gasteiger partial charge on any atom is 0.0423 e. The predicted octanol–water partition coefficient (Wildman–Crippen LogP) is 4.90. The van der Waals surface area contributed by atoms with Gasteiger partial charge in [0.1, 0.15) is 0 Å². The van der Waals surface area contributed by atoms with Crippen molar-refractivity contribution in [3.05, 3.63) is 33.8 Å². The molecule has 2 atom stereocenters. The fraction of sp³-hybridized carbons (Fsp3) is 0.538. The Morgan fingerprint density at radius 3 is 1.93 bits per heavy atom. The Morgan fingerprint density at radius 2 is 1.40 bits per heavy atom. The van der Waals surface area contributed by atoms with Crippen molar-refractivity contribution >= 4 is 23.2 Å². The van der Waals surface area contributed by atoms with Gasteiger partial charge in [0.15, 0.2) is 0 Å². The Balaban J connectivity index is 1.88.